The van der Waals surface area contributed by atoms with Crippen molar-refractivity contribution >= 4 is 5.69 Å². The van der Waals surface area contributed by atoms with Crippen LogP contribution >= 0.6 is 0 Å². The molecule has 0 bridgehead atoms. The SMILES string of the molecule is CCN(CCO)c1ccc(CNC2CC2)cc1. The van der Waals surface area contributed by atoms with Gasteiger partial charge in [0.1, 0.15) is 0 Å². The van der Waals surface area contributed by atoms with E-state index in [4.69, 9.17) is 5.11 Å². The number of nitrogens with zero attached hydrogens (tertiary/aromatic N) is 1. The van der Waals surface area contributed by atoms with Crippen molar-refractivity contribution in [1.29, 1.82) is 0 Å². The fourth-order valence-corrected chi connectivity index (χ4v) is 1.96. The molecule has 1 fully saturated rings. The van der Waals surface area contributed by atoms with Crippen LogP contribution in [0.25, 0.3) is 0 Å². The molecule has 0 saturated heterocycles. The molecule has 0 unspecified atom stereocenters. The average Bonchev–Trinajstić information content (AvgIpc) is 3.18. The van der Waals surface area contributed by atoms with E-state index in [0.717, 1.165) is 19.1 Å². The molecule has 2 rings (SSSR count). The Kier molecular flexibility index (Phi) is 4.40. The molecule has 94 valence electrons. The lowest BCUT2D eigenvalue weighted by atomic mass is 10.2. The Labute approximate surface area is 103 Å². The summed E-state index contributed by atoms with van der Waals surface area (Å²) in [4.78, 5) is 2.18. The second kappa shape index (κ2) is 6.03. The fraction of sp³-hybridized carbons (Fsp3) is 0.571. The molecule has 0 aliphatic heterocycles. The molecule has 1 aliphatic rings. The molecule has 0 heterocycles. The molecule has 0 spiro atoms. The second-order valence-corrected chi connectivity index (χ2v) is 4.62. The Morgan fingerprint density at radius 3 is 2.53 bits per heavy atom. The molecule has 0 amide bonds. The number of likely N-dealkylation sites (N-methyl/N-ethyl adjacent to an activating group) is 1. The summed E-state index contributed by atoms with van der Waals surface area (Å²) in [5, 5.41) is 12.5. The van der Waals surface area contributed by atoms with E-state index >= 15 is 0 Å². The Balaban J connectivity index is 1.90. The van der Waals surface area contributed by atoms with Crippen molar-refractivity contribution in [2.75, 3.05) is 24.6 Å². The van der Waals surface area contributed by atoms with Crippen LogP contribution < -0.4 is 10.2 Å². The number of hydrogen-bond donors (Lipinski definition) is 2. The number of aliphatic hydroxyl groups excluding tert-OH is 1. The molecule has 3 heteroatoms. The van der Waals surface area contributed by atoms with Gasteiger partial charge in [0.25, 0.3) is 0 Å². The first kappa shape index (κ1) is 12.4. The standard InChI is InChI=1S/C14H22N2O/c1-2-16(9-10-17)14-7-3-12(4-8-14)11-15-13-5-6-13/h3-4,7-8,13,15,17H,2,5-6,9-11H2,1H3. The number of anilines is 1. The maximum absolute atomic E-state index is 8.98. The fourth-order valence-electron chi connectivity index (χ4n) is 1.96. The van der Waals surface area contributed by atoms with E-state index in [0.29, 0.717) is 6.54 Å². The van der Waals surface area contributed by atoms with Crippen LogP contribution in [0.3, 0.4) is 0 Å². The predicted molar refractivity (Wildman–Crippen MR) is 71.3 cm³/mol. The Morgan fingerprint density at radius 2 is 2.00 bits per heavy atom. The number of aliphatic hydroxyl groups is 1. The largest absolute Gasteiger partial charge is 0.395 e. The van der Waals surface area contributed by atoms with E-state index in [9.17, 15) is 0 Å². The van der Waals surface area contributed by atoms with Crippen LogP contribution in [0.1, 0.15) is 25.3 Å². The molecule has 1 aliphatic carbocycles. The summed E-state index contributed by atoms with van der Waals surface area (Å²) in [7, 11) is 0. The quantitative estimate of drug-likeness (QED) is 0.754. The number of rotatable bonds is 7. The highest BCUT2D eigenvalue weighted by Gasteiger charge is 2.19. The Hall–Kier alpha value is -1.06. The molecule has 1 saturated carbocycles. The maximum Gasteiger partial charge on any atom is 0.0606 e. The zero-order valence-corrected chi connectivity index (χ0v) is 10.5. The van der Waals surface area contributed by atoms with Crippen molar-refractivity contribution in [1.82, 2.24) is 5.32 Å². The number of hydrogen-bond acceptors (Lipinski definition) is 3. The minimum Gasteiger partial charge on any atom is -0.395 e. The molecule has 0 aromatic heterocycles. The van der Waals surface area contributed by atoms with Crippen LogP contribution in [-0.4, -0.2) is 30.8 Å². The van der Waals surface area contributed by atoms with Crippen molar-refractivity contribution < 1.29 is 5.11 Å². The van der Waals surface area contributed by atoms with Gasteiger partial charge in [-0.05, 0) is 37.5 Å². The molecule has 1 aromatic rings. The molecule has 1 aromatic carbocycles. The van der Waals surface area contributed by atoms with Gasteiger partial charge in [-0.25, -0.2) is 0 Å². The first-order chi connectivity index (χ1) is 8.33. The van der Waals surface area contributed by atoms with Crippen molar-refractivity contribution in [3.05, 3.63) is 29.8 Å². The summed E-state index contributed by atoms with van der Waals surface area (Å²) in [5.41, 5.74) is 2.53. The minimum absolute atomic E-state index is 0.207. The lowest BCUT2D eigenvalue weighted by molar-refractivity contribution is 0.302. The van der Waals surface area contributed by atoms with Gasteiger partial charge in [0, 0.05) is 31.4 Å². The third-order valence-electron chi connectivity index (χ3n) is 3.23. The number of benzene rings is 1. The normalized spacial score (nSPS) is 14.9. The van der Waals surface area contributed by atoms with Gasteiger partial charge in [-0.15, -0.1) is 0 Å². The first-order valence-corrected chi connectivity index (χ1v) is 6.51. The van der Waals surface area contributed by atoms with Crippen LogP contribution in [0, 0.1) is 0 Å². The second-order valence-electron chi connectivity index (χ2n) is 4.62. The van der Waals surface area contributed by atoms with Crippen molar-refractivity contribution in [2.45, 2.75) is 32.4 Å². The highest BCUT2D eigenvalue weighted by Crippen LogP contribution is 2.20. The van der Waals surface area contributed by atoms with E-state index in [1.165, 1.54) is 24.1 Å². The smallest absolute Gasteiger partial charge is 0.0606 e. The van der Waals surface area contributed by atoms with E-state index in [1.807, 2.05) is 0 Å². The van der Waals surface area contributed by atoms with Crippen molar-refractivity contribution in [3.63, 3.8) is 0 Å². The highest BCUT2D eigenvalue weighted by molar-refractivity contribution is 5.47. The summed E-state index contributed by atoms with van der Waals surface area (Å²) in [6.45, 7) is 4.92. The van der Waals surface area contributed by atoms with Gasteiger partial charge < -0.3 is 15.3 Å². The molecule has 0 radical (unpaired) electrons. The van der Waals surface area contributed by atoms with Crippen LogP contribution in [0.2, 0.25) is 0 Å². The lowest BCUT2D eigenvalue weighted by Gasteiger charge is -2.22. The minimum atomic E-state index is 0.207. The van der Waals surface area contributed by atoms with Gasteiger partial charge >= 0.3 is 0 Å². The molecular formula is C14H22N2O. The predicted octanol–water partition coefficient (Wildman–Crippen LogP) is 1.76. The van der Waals surface area contributed by atoms with E-state index in [2.05, 4.69) is 41.4 Å². The van der Waals surface area contributed by atoms with Gasteiger partial charge in [0.05, 0.1) is 6.61 Å². The van der Waals surface area contributed by atoms with Gasteiger partial charge in [-0.3, -0.25) is 0 Å². The third kappa shape index (κ3) is 3.72. The van der Waals surface area contributed by atoms with Crippen LogP contribution in [-0.2, 0) is 6.54 Å². The van der Waals surface area contributed by atoms with E-state index in [-0.39, 0.29) is 6.61 Å². The highest BCUT2D eigenvalue weighted by atomic mass is 16.3. The summed E-state index contributed by atoms with van der Waals surface area (Å²) < 4.78 is 0. The van der Waals surface area contributed by atoms with Crippen molar-refractivity contribution in [2.24, 2.45) is 0 Å². The lowest BCUT2D eigenvalue weighted by Crippen LogP contribution is -2.26. The van der Waals surface area contributed by atoms with Crippen molar-refractivity contribution in [3.8, 4) is 0 Å². The summed E-state index contributed by atoms with van der Waals surface area (Å²) in [6, 6.07) is 9.39. The van der Waals surface area contributed by atoms with Crippen LogP contribution in [0.5, 0.6) is 0 Å². The monoisotopic (exact) mass is 234 g/mol. The van der Waals surface area contributed by atoms with Gasteiger partial charge in [0.2, 0.25) is 0 Å². The number of nitrogens with one attached hydrogen (secondary N) is 1. The first-order valence-electron chi connectivity index (χ1n) is 6.51. The van der Waals surface area contributed by atoms with E-state index < -0.39 is 0 Å². The summed E-state index contributed by atoms with van der Waals surface area (Å²) in [6.07, 6.45) is 2.66. The zero-order valence-electron chi connectivity index (χ0n) is 10.5. The summed E-state index contributed by atoms with van der Waals surface area (Å²) >= 11 is 0. The molecular weight excluding hydrogens is 212 g/mol. The Bertz CT molecular complexity index is 333. The molecule has 3 nitrogen and oxygen atoms in total. The van der Waals surface area contributed by atoms with Gasteiger partial charge in [-0.2, -0.15) is 0 Å². The van der Waals surface area contributed by atoms with Gasteiger partial charge in [0.15, 0.2) is 0 Å². The Morgan fingerprint density at radius 1 is 1.29 bits per heavy atom. The summed E-state index contributed by atoms with van der Waals surface area (Å²) in [5.74, 6) is 0. The molecule has 2 N–H and O–H groups in total. The molecule has 0 atom stereocenters. The third-order valence-corrected chi connectivity index (χ3v) is 3.23. The molecule has 17 heavy (non-hydrogen) atoms. The maximum atomic E-state index is 8.98. The van der Waals surface area contributed by atoms with Gasteiger partial charge in [-0.1, -0.05) is 12.1 Å². The topological polar surface area (TPSA) is 35.5 Å². The van der Waals surface area contributed by atoms with E-state index in [1.54, 1.807) is 0 Å². The average molecular weight is 234 g/mol. The van der Waals surface area contributed by atoms with Crippen LogP contribution in [0.15, 0.2) is 24.3 Å². The van der Waals surface area contributed by atoms with Crippen LogP contribution in [0.4, 0.5) is 5.69 Å². The zero-order chi connectivity index (χ0) is 12.1.